The maximum Gasteiger partial charge on any atom is 0.341 e. The smallest absolute Gasteiger partial charge is 0.341 e. The lowest BCUT2D eigenvalue weighted by molar-refractivity contribution is -0.147. The minimum absolute atomic E-state index is 0.144. The standard InChI is InChI=1S/C10H16O3/c1-3-10(8(11)12-2)9(13-10)6-4-5-7-9/h3-7H2,1-2H3. The number of carbonyl (C=O) groups excluding carboxylic acids is 1. The van der Waals surface area contributed by atoms with E-state index in [0.29, 0.717) is 0 Å². The molecule has 1 unspecified atom stereocenters. The van der Waals surface area contributed by atoms with E-state index in [1.165, 1.54) is 20.0 Å². The molecule has 3 heteroatoms. The molecule has 0 amide bonds. The number of carbonyl (C=O) groups is 1. The van der Waals surface area contributed by atoms with Gasteiger partial charge < -0.3 is 9.47 Å². The summed E-state index contributed by atoms with van der Waals surface area (Å²) in [6, 6.07) is 0. The van der Waals surface area contributed by atoms with E-state index in [9.17, 15) is 4.79 Å². The van der Waals surface area contributed by atoms with Crippen LogP contribution in [0.25, 0.3) is 0 Å². The highest BCUT2D eigenvalue weighted by atomic mass is 16.7. The molecular weight excluding hydrogens is 168 g/mol. The summed E-state index contributed by atoms with van der Waals surface area (Å²) in [7, 11) is 1.43. The average Bonchev–Trinajstić information content (AvgIpc) is 2.52. The van der Waals surface area contributed by atoms with Crippen molar-refractivity contribution in [3.8, 4) is 0 Å². The van der Waals surface area contributed by atoms with Gasteiger partial charge in [-0.15, -0.1) is 0 Å². The van der Waals surface area contributed by atoms with Crippen molar-refractivity contribution in [2.75, 3.05) is 7.11 Å². The highest BCUT2D eigenvalue weighted by Gasteiger charge is 2.74. The fourth-order valence-corrected chi connectivity index (χ4v) is 2.69. The van der Waals surface area contributed by atoms with E-state index < -0.39 is 5.60 Å². The van der Waals surface area contributed by atoms with Gasteiger partial charge in [0.05, 0.1) is 7.11 Å². The number of ether oxygens (including phenoxy) is 2. The van der Waals surface area contributed by atoms with E-state index in [-0.39, 0.29) is 11.6 Å². The fourth-order valence-electron chi connectivity index (χ4n) is 2.69. The van der Waals surface area contributed by atoms with Crippen LogP contribution < -0.4 is 0 Å². The highest BCUT2D eigenvalue weighted by molar-refractivity contribution is 5.84. The van der Waals surface area contributed by atoms with Gasteiger partial charge in [-0.3, -0.25) is 0 Å². The molecule has 1 saturated heterocycles. The molecule has 0 radical (unpaired) electrons. The van der Waals surface area contributed by atoms with Gasteiger partial charge in [-0.05, 0) is 19.3 Å². The first-order chi connectivity index (χ1) is 6.21. The SMILES string of the molecule is CCC1(C(=O)OC)OC12CCCC2. The zero-order chi connectivity index (χ0) is 9.53. The topological polar surface area (TPSA) is 38.8 Å². The van der Waals surface area contributed by atoms with Crippen molar-refractivity contribution in [3.63, 3.8) is 0 Å². The van der Waals surface area contributed by atoms with Gasteiger partial charge in [-0.2, -0.15) is 0 Å². The molecular formula is C10H16O3. The number of esters is 1. The van der Waals surface area contributed by atoms with Crippen LogP contribution in [0.3, 0.4) is 0 Å². The Morgan fingerprint density at radius 1 is 1.46 bits per heavy atom. The highest BCUT2D eigenvalue weighted by Crippen LogP contribution is 2.60. The number of rotatable bonds is 2. The Hall–Kier alpha value is -0.570. The molecule has 2 aliphatic rings. The van der Waals surface area contributed by atoms with E-state index >= 15 is 0 Å². The van der Waals surface area contributed by atoms with Gasteiger partial charge in [-0.25, -0.2) is 4.79 Å². The number of epoxide rings is 1. The van der Waals surface area contributed by atoms with Crippen molar-refractivity contribution < 1.29 is 14.3 Å². The van der Waals surface area contributed by atoms with Crippen LogP contribution in [0.15, 0.2) is 0 Å². The van der Waals surface area contributed by atoms with Crippen LogP contribution in [0.1, 0.15) is 39.0 Å². The molecule has 1 heterocycles. The molecule has 1 aliphatic heterocycles. The first-order valence-electron chi connectivity index (χ1n) is 4.99. The van der Waals surface area contributed by atoms with Crippen molar-refractivity contribution >= 4 is 5.97 Å². The molecule has 1 atom stereocenters. The van der Waals surface area contributed by atoms with E-state index in [4.69, 9.17) is 9.47 Å². The molecule has 0 aromatic heterocycles. The second-order valence-corrected chi connectivity index (χ2v) is 3.98. The van der Waals surface area contributed by atoms with Crippen LogP contribution in [0.5, 0.6) is 0 Å². The Bertz CT molecular complexity index is 230. The summed E-state index contributed by atoms with van der Waals surface area (Å²) in [5.41, 5.74) is -0.729. The second kappa shape index (κ2) is 2.71. The van der Waals surface area contributed by atoms with Crippen molar-refractivity contribution in [1.29, 1.82) is 0 Å². The van der Waals surface area contributed by atoms with Crippen molar-refractivity contribution in [2.45, 2.75) is 50.2 Å². The Morgan fingerprint density at radius 3 is 2.54 bits per heavy atom. The molecule has 0 aromatic rings. The maximum absolute atomic E-state index is 11.5. The summed E-state index contributed by atoms with van der Waals surface area (Å²) >= 11 is 0. The van der Waals surface area contributed by atoms with Crippen molar-refractivity contribution in [1.82, 2.24) is 0 Å². The second-order valence-electron chi connectivity index (χ2n) is 3.98. The summed E-state index contributed by atoms with van der Waals surface area (Å²) < 4.78 is 10.5. The van der Waals surface area contributed by atoms with Gasteiger partial charge in [0, 0.05) is 0 Å². The lowest BCUT2D eigenvalue weighted by atomic mass is 9.89. The van der Waals surface area contributed by atoms with Gasteiger partial charge in [-0.1, -0.05) is 19.8 Å². The third-order valence-electron chi connectivity index (χ3n) is 3.49. The molecule has 3 nitrogen and oxygen atoms in total. The Morgan fingerprint density at radius 2 is 2.08 bits per heavy atom. The van der Waals surface area contributed by atoms with Crippen LogP contribution in [-0.4, -0.2) is 24.3 Å². The Labute approximate surface area is 78.4 Å². The number of hydrogen-bond donors (Lipinski definition) is 0. The molecule has 0 bridgehead atoms. The third-order valence-corrected chi connectivity index (χ3v) is 3.49. The van der Waals surface area contributed by atoms with Crippen LogP contribution in [0, 0.1) is 0 Å². The van der Waals surface area contributed by atoms with Gasteiger partial charge in [0.1, 0.15) is 5.60 Å². The molecule has 13 heavy (non-hydrogen) atoms. The quantitative estimate of drug-likeness (QED) is 0.484. The van der Waals surface area contributed by atoms with E-state index in [0.717, 1.165) is 19.3 Å². The maximum atomic E-state index is 11.5. The van der Waals surface area contributed by atoms with Gasteiger partial charge in [0.15, 0.2) is 5.60 Å². The summed E-state index contributed by atoms with van der Waals surface area (Å²) in [5.74, 6) is -0.183. The number of hydrogen-bond acceptors (Lipinski definition) is 3. The molecule has 2 fully saturated rings. The zero-order valence-corrected chi connectivity index (χ0v) is 8.26. The third kappa shape index (κ3) is 0.966. The predicted molar refractivity (Wildman–Crippen MR) is 47.3 cm³/mol. The zero-order valence-electron chi connectivity index (χ0n) is 8.26. The first kappa shape index (κ1) is 9.00. The molecule has 74 valence electrons. The summed E-state index contributed by atoms with van der Waals surface area (Å²) in [6.07, 6.45) is 5.14. The summed E-state index contributed by atoms with van der Waals surface area (Å²) in [4.78, 5) is 11.5. The molecule has 1 aliphatic carbocycles. The van der Waals surface area contributed by atoms with Crippen LogP contribution >= 0.6 is 0 Å². The summed E-state index contributed by atoms with van der Waals surface area (Å²) in [5, 5.41) is 0. The van der Waals surface area contributed by atoms with E-state index in [1.807, 2.05) is 6.92 Å². The first-order valence-corrected chi connectivity index (χ1v) is 4.99. The monoisotopic (exact) mass is 184 g/mol. The van der Waals surface area contributed by atoms with Crippen LogP contribution in [0.2, 0.25) is 0 Å². The van der Waals surface area contributed by atoms with Gasteiger partial charge in [0.2, 0.25) is 0 Å². The largest absolute Gasteiger partial charge is 0.467 e. The Kier molecular flexibility index (Phi) is 1.88. The molecule has 1 saturated carbocycles. The van der Waals surface area contributed by atoms with Crippen molar-refractivity contribution in [2.24, 2.45) is 0 Å². The normalized spacial score (nSPS) is 34.9. The Balaban J connectivity index is 2.17. The molecule has 0 N–H and O–H groups in total. The van der Waals surface area contributed by atoms with Gasteiger partial charge >= 0.3 is 5.97 Å². The average molecular weight is 184 g/mol. The van der Waals surface area contributed by atoms with E-state index in [1.54, 1.807) is 0 Å². The van der Waals surface area contributed by atoms with Crippen LogP contribution in [-0.2, 0) is 14.3 Å². The fraction of sp³-hybridized carbons (Fsp3) is 0.900. The molecule has 1 spiro atoms. The van der Waals surface area contributed by atoms with Crippen LogP contribution in [0.4, 0.5) is 0 Å². The molecule has 0 aromatic carbocycles. The molecule has 2 rings (SSSR count). The summed E-state index contributed by atoms with van der Waals surface area (Å²) in [6.45, 7) is 1.99. The van der Waals surface area contributed by atoms with Gasteiger partial charge in [0.25, 0.3) is 0 Å². The lowest BCUT2D eigenvalue weighted by Crippen LogP contribution is -2.33. The van der Waals surface area contributed by atoms with Crippen molar-refractivity contribution in [3.05, 3.63) is 0 Å². The minimum Gasteiger partial charge on any atom is -0.467 e. The number of methoxy groups -OCH3 is 1. The predicted octanol–water partition coefficient (Wildman–Crippen LogP) is 1.65. The lowest BCUT2D eigenvalue weighted by Gasteiger charge is -2.11. The minimum atomic E-state index is -0.585. The van der Waals surface area contributed by atoms with E-state index in [2.05, 4.69) is 0 Å².